The van der Waals surface area contributed by atoms with E-state index in [2.05, 4.69) is 0 Å². The predicted molar refractivity (Wildman–Crippen MR) is 57.5 cm³/mol. The lowest BCUT2D eigenvalue weighted by atomic mass is 10.2. The van der Waals surface area contributed by atoms with Crippen molar-refractivity contribution in [3.8, 4) is 6.07 Å². The Morgan fingerprint density at radius 2 is 2.12 bits per heavy atom. The molecule has 0 heterocycles. The largest absolute Gasteiger partial charge is 0.286 e. The molecule has 0 spiro atoms. The summed E-state index contributed by atoms with van der Waals surface area (Å²) in [6.45, 7) is 3.17. The van der Waals surface area contributed by atoms with Crippen LogP contribution in [0.2, 0.25) is 0 Å². The zero-order valence-corrected chi connectivity index (χ0v) is 9.21. The molecule has 0 amide bonds. The lowest BCUT2D eigenvalue weighted by molar-refractivity contribution is 0.293. The van der Waals surface area contributed by atoms with Crippen molar-refractivity contribution >= 4 is 0 Å². The van der Waals surface area contributed by atoms with Crippen LogP contribution in [0.3, 0.4) is 0 Å². The fourth-order valence-corrected chi connectivity index (χ4v) is 1.54. The predicted octanol–water partition coefficient (Wildman–Crippen LogP) is 2.70. The van der Waals surface area contributed by atoms with E-state index in [0.717, 1.165) is 18.6 Å². The van der Waals surface area contributed by atoms with Gasteiger partial charge in [-0.2, -0.15) is 5.26 Å². The molecule has 2 nitrogen and oxygen atoms in total. The number of rotatable bonds is 5. The zero-order valence-electron chi connectivity index (χ0n) is 9.21. The van der Waals surface area contributed by atoms with E-state index in [1.54, 1.807) is 4.90 Å². The van der Waals surface area contributed by atoms with E-state index in [1.165, 1.54) is 6.07 Å². The average Bonchev–Trinajstić information content (AvgIpc) is 2.24. The van der Waals surface area contributed by atoms with Gasteiger partial charge in [0.05, 0.1) is 12.6 Å². The van der Waals surface area contributed by atoms with Crippen LogP contribution in [0.4, 0.5) is 8.78 Å². The van der Waals surface area contributed by atoms with Crippen LogP contribution in [-0.2, 0) is 6.54 Å². The number of nitriles is 1. The highest BCUT2D eigenvalue weighted by Crippen LogP contribution is 2.12. The van der Waals surface area contributed by atoms with Gasteiger partial charge in [0.25, 0.3) is 0 Å². The van der Waals surface area contributed by atoms with Gasteiger partial charge in [-0.3, -0.25) is 4.90 Å². The van der Waals surface area contributed by atoms with Gasteiger partial charge in [0.1, 0.15) is 11.6 Å². The van der Waals surface area contributed by atoms with Gasteiger partial charge in [-0.05, 0) is 31.2 Å². The third kappa shape index (κ3) is 3.59. The Morgan fingerprint density at radius 1 is 1.38 bits per heavy atom. The van der Waals surface area contributed by atoms with E-state index in [0.29, 0.717) is 12.1 Å². The van der Waals surface area contributed by atoms with E-state index in [1.807, 2.05) is 13.0 Å². The number of halogens is 2. The molecule has 0 N–H and O–H groups in total. The maximum atomic E-state index is 13.3. The van der Waals surface area contributed by atoms with Crippen molar-refractivity contribution in [2.75, 3.05) is 13.1 Å². The van der Waals surface area contributed by atoms with Crippen LogP contribution in [0.5, 0.6) is 0 Å². The molecular formula is C12H14F2N2. The topological polar surface area (TPSA) is 27.0 Å². The summed E-state index contributed by atoms with van der Waals surface area (Å²) in [6.07, 6.45) is 0.874. The van der Waals surface area contributed by atoms with Crippen LogP contribution in [-0.4, -0.2) is 18.0 Å². The SMILES string of the molecule is CCCN(CC#N)Cc1cc(F)ccc1F. The van der Waals surface area contributed by atoms with Gasteiger partial charge in [-0.15, -0.1) is 0 Å². The second kappa shape index (κ2) is 6.19. The van der Waals surface area contributed by atoms with Gasteiger partial charge < -0.3 is 0 Å². The van der Waals surface area contributed by atoms with Crippen LogP contribution >= 0.6 is 0 Å². The molecule has 0 unspecified atom stereocenters. The molecule has 0 saturated carbocycles. The monoisotopic (exact) mass is 224 g/mol. The normalized spacial score (nSPS) is 10.4. The third-order valence-electron chi connectivity index (χ3n) is 2.24. The summed E-state index contributed by atoms with van der Waals surface area (Å²) in [5.41, 5.74) is 0.295. The van der Waals surface area contributed by atoms with E-state index in [9.17, 15) is 8.78 Å². The molecular weight excluding hydrogens is 210 g/mol. The average molecular weight is 224 g/mol. The molecule has 0 atom stereocenters. The summed E-state index contributed by atoms with van der Waals surface area (Å²) in [5.74, 6) is -0.884. The molecule has 0 bridgehead atoms. The molecule has 4 heteroatoms. The van der Waals surface area contributed by atoms with E-state index in [4.69, 9.17) is 5.26 Å². The van der Waals surface area contributed by atoms with E-state index < -0.39 is 11.6 Å². The molecule has 0 aromatic heterocycles. The summed E-state index contributed by atoms with van der Waals surface area (Å²) in [5, 5.41) is 8.61. The highest BCUT2D eigenvalue weighted by atomic mass is 19.1. The first kappa shape index (κ1) is 12.6. The van der Waals surface area contributed by atoms with Crippen molar-refractivity contribution < 1.29 is 8.78 Å². The molecule has 16 heavy (non-hydrogen) atoms. The molecule has 1 rings (SSSR count). The Morgan fingerprint density at radius 3 is 2.75 bits per heavy atom. The van der Waals surface area contributed by atoms with Gasteiger partial charge in [0.2, 0.25) is 0 Å². The summed E-state index contributed by atoms with van der Waals surface area (Å²) in [4.78, 5) is 1.79. The second-order valence-corrected chi connectivity index (χ2v) is 3.60. The van der Waals surface area contributed by atoms with Crippen molar-refractivity contribution in [1.82, 2.24) is 4.90 Å². The summed E-state index contributed by atoms with van der Waals surface area (Å²) >= 11 is 0. The zero-order chi connectivity index (χ0) is 12.0. The fourth-order valence-electron chi connectivity index (χ4n) is 1.54. The number of benzene rings is 1. The Balaban J connectivity index is 2.76. The first-order valence-corrected chi connectivity index (χ1v) is 5.20. The molecule has 86 valence electrons. The fraction of sp³-hybridized carbons (Fsp3) is 0.417. The smallest absolute Gasteiger partial charge is 0.127 e. The Labute approximate surface area is 94.1 Å². The van der Waals surface area contributed by atoms with Crippen molar-refractivity contribution in [3.63, 3.8) is 0 Å². The van der Waals surface area contributed by atoms with Crippen molar-refractivity contribution in [1.29, 1.82) is 5.26 Å². The molecule has 0 radical (unpaired) electrons. The summed E-state index contributed by atoms with van der Waals surface area (Å²) in [6, 6.07) is 5.40. The molecule has 1 aromatic rings. The lowest BCUT2D eigenvalue weighted by Crippen LogP contribution is -2.25. The maximum absolute atomic E-state index is 13.3. The Hall–Kier alpha value is -1.47. The third-order valence-corrected chi connectivity index (χ3v) is 2.24. The standard InChI is InChI=1S/C12H14F2N2/c1-2-6-16(7-5-15)9-10-8-11(13)3-4-12(10)14/h3-4,8H,2,6-7,9H2,1H3. The van der Waals surface area contributed by atoms with Gasteiger partial charge >= 0.3 is 0 Å². The van der Waals surface area contributed by atoms with Crippen molar-refractivity contribution in [2.24, 2.45) is 0 Å². The maximum Gasteiger partial charge on any atom is 0.127 e. The van der Waals surface area contributed by atoms with E-state index in [-0.39, 0.29) is 13.1 Å². The van der Waals surface area contributed by atoms with Crippen LogP contribution < -0.4 is 0 Å². The minimum atomic E-state index is -0.454. The minimum Gasteiger partial charge on any atom is -0.286 e. The minimum absolute atomic E-state index is 0.226. The first-order chi connectivity index (χ1) is 7.67. The Kier molecular flexibility index (Phi) is 4.87. The lowest BCUT2D eigenvalue weighted by Gasteiger charge is -2.18. The number of hydrogen-bond donors (Lipinski definition) is 0. The first-order valence-electron chi connectivity index (χ1n) is 5.20. The second-order valence-electron chi connectivity index (χ2n) is 3.60. The highest BCUT2D eigenvalue weighted by molar-refractivity contribution is 5.18. The van der Waals surface area contributed by atoms with Gasteiger partial charge in [-0.25, -0.2) is 8.78 Å². The van der Waals surface area contributed by atoms with Gasteiger partial charge in [-0.1, -0.05) is 6.92 Å². The van der Waals surface area contributed by atoms with Crippen molar-refractivity contribution in [2.45, 2.75) is 19.9 Å². The molecule has 0 aliphatic carbocycles. The van der Waals surface area contributed by atoms with E-state index >= 15 is 0 Å². The quantitative estimate of drug-likeness (QED) is 0.719. The number of hydrogen-bond acceptors (Lipinski definition) is 2. The molecule has 0 saturated heterocycles. The molecule has 1 aromatic carbocycles. The molecule has 0 aliphatic rings. The van der Waals surface area contributed by atoms with Crippen LogP contribution in [0, 0.1) is 23.0 Å². The molecule has 0 fully saturated rings. The van der Waals surface area contributed by atoms with Crippen LogP contribution in [0.1, 0.15) is 18.9 Å². The van der Waals surface area contributed by atoms with Crippen LogP contribution in [0.25, 0.3) is 0 Å². The summed E-state index contributed by atoms with van der Waals surface area (Å²) in [7, 11) is 0. The highest BCUT2D eigenvalue weighted by Gasteiger charge is 2.09. The molecule has 0 aliphatic heterocycles. The Bertz CT molecular complexity index is 385. The van der Waals surface area contributed by atoms with Crippen molar-refractivity contribution in [3.05, 3.63) is 35.4 Å². The summed E-state index contributed by atoms with van der Waals surface area (Å²) < 4.78 is 26.3. The van der Waals surface area contributed by atoms with Gasteiger partial charge in [0, 0.05) is 12.1 Å². The van der Waals surface area contributed by atoms with Crippen LogP contribution in [0.15, 0.2) is 18.2 Å². The number of nitrogens with zero attached hydrogens (tertiary/aromatic N) is 2. The van der Waals surface area contributed by atoms with Gasteiger partial charge in [0.15, 0.2) is 0 Å².